The number of anilines is 1. The average molecular weight is 275 g/mol. The van der Waals surface area contributed by atoms with Crippen molar-refractivity contribution in [2.75, 3.05) is 18.1 Å². The summed E-state index contributed by atoms with van der Waals surface area (Å²) in [6.45, 7) is 2.96. The molecule has 3 heterocycles. The quantitative estimate of drug-likeness (QED) is 0.909. The highest BCUT2D eigenvalue weighted by molar-refractivity contribution is 5.94. The summed E-state index contributed by atoms with van der Waals surface area (Å²) in [6, 6.07) is 5.62. The van der Waals surface area contributed by atoms with E-state index in [9.17, 15) is 9.90 Å². The van der Waals surface area contributed by atoms with Gasteiger partial charge in [0.25, 0.3) is 0 Å². The second-order valence-corrected chi connectivity index (χ2v) is 5.12. The maximum atomic E-state index is 12.0. The lowest BCUT2D eigenvalue weighted by Crippen LogP contribution is -2.27. The van der Waals surface area contributed by atoms with Crippen LogP contribution in [0.4, 0.5) is 5.82 Å². The van der Waals surface area contributed by atoms with E-state index in [0.717, 1.165) is 17.3 Å². The Labute approximate surface area is 116 Å². The van der Waals surface area contributed by atoms with Crippen molar-refractivity contribution in [3.05, 3.63) is 35.9 Å². The summed E-state index contributed by atoms with van der Waals surface area (Å²) in [5.41, 5.74) is 0. The molecular formula is C14H17N3O3. The molecular weight excluding hydrogens is 258 g/mol. The van der Waals surface area contributed by atoms with E-state index in [1.807, 2.05) is 25.1 Å². The highest BCUT2D eigenvalue weighted by Gasteiger charge is 2.31. The molecule has 1 saturated heterocycles. The van der Waals surface area contributed by atoms with Gasteiger partial charge in [0.15, 0.2) is 0 Å². The standard InChI is InChI=1S/C14H17N3O3/c1-10-2-3-12(20-10)8-17-13(4-5-15-17)16-7-11(9-18)6-14(16)19/h2-5,11,18H,6-9H2,1H3. The third kappa shape index (κ3) is 2.34. The molecule has 1 N–H and O–H groups in total. The van der Waals surface area contributed by atoms with Crippen molar-refractivity contribution < 1.29 is 14.3 Å². The number of amides is 1. The fourth-order valence-corrected chi connectivity index (χ4v) is 2.52. The zero-order chi connectivity index (χ0) is 14.1. The van der Waals surface area contributed by atoms with Crippen LogP contribution >= 0.6 is 0 Å². The van der Waals surface area contributed by atoms with E-state index in [1.54, 1.807) is 15.8 Å². The Hall–Kier alpha value is -2.08. The van der Waals surface area contributed by atoms with Crippen molar-refractivity contribution in [2.24, 2.45) is 5.92 Å². The van der Waals surface area contributed by atoms with Gasteiger partial charge in [0.05, 0.1) is 6.20 Å². The van der Waals surface area contributed by atoms with E-state index in [-0.39, 0.29) is 18.4 Å². The first-order chi connectivity index (χ1) is 9.67. The molecule has 1 atom stereocenters. The molecule has 106 valence electrons. The topological polar surface area (TPSA) is 71.5 Å². The summed E-state index contributed by atoms with van der Waals surface area (Å²) in [7, 11) is 0. The maximum absolute atomic E-state index is 12.0. The minimum Gasteiger partial charge on any atom is -0.464 e. The number of carbonyl (C=O) groups is 1. The van der Waals surface area contributed by atoms with Crippen LogP contribution in [-0.4, -0.2) is 33.9 Å². The molecule has 0 aromatic carbocycles. The minimum atomic E-state index is 0.0108. The van der Waals surface area contributed by atoms with Crippen LogP contribution < -0.4 is 4.90 Å². The molecule has 0 radical (unpaired) electrons. The number of carbonyl (C=O) groups excluding carboxylic acids is 1. The SMILES string of the molecule is Cc1ccc(Cn2nccc2N2CC(CO)CC2=O)o1. The number of aliphatic hydroxyl groups excluding tert-OH is 1. The lowest BCUT2D eigenvalue weighted by molar-refractivity contribution is -0.117. The van der Waals surface area contributed by atoms with Crippen LogP contribution in [0.25, 0.3) is 0 Å². The molecule has 6 heteroatoms. The summed E-state index contributed by atoms with van der Waals surface area (Å²) in [5, 5.41) is 13.4. The zero-order valence-corrected chi connectivity index (χ0v) is 11.3. The van der Waals surface area contributed by atoms with E-state index < -0.39 is 0 Å². The molecule has 1 unspecified atom stereocenters. The van der Waals surface area contributed by atoms with Crippen LogP contribution in [-0.2, 0) is 11.3 Å². The Bertz CT molecular complexity index is 617. The van der Waals surface area contributed by atoms with E-state index in [4.69, 9.17) is 4.42 Å². The summed E-state index contributed by atoms with van der Waals surface area (Å²) in [5.74, 6) is 2.45. The molecule has 6 nitrogen and oxygen atoms in total. The van der Waals surface area contributed by atoms with Gasteiger partial charge in [-0.2, -0.15) is 5.10 Å². The van der Waals surface area contributed by atoms with E-state index in [1.165, 1.54) is 0 Å². The second kappa shape index (κ2) is 5.13. The second-order valence-electron chi connectivity index (χ2n) is 5.12. The first-order valence-corrected chi connectivity index (χ1v) is 6.65. The highest BCUT2D eigenvalue weighted by atomic mass is 16.3. The molecule has 1 amide bonds. The number of hydrogen-bond donors (Lipinski definition) is 1. The van der Waals surface area contributed by atoms with Crippen molar-refractivity contribution in [1.29, 1.82) is 0 Å². The Balaban J connectivity index is 1.81. The van der Waals surface area contributed by atoms with Crippen LogP contribution in [0, 0.1) is 12.8 Å². The van der Waals surface area contributed by atoms with Gasteiger partial charge in [-0.15, -0.1) is 0 Å². The first kappa shape index (κ1) is 12.9. The molecule has 20 heavy (non-hydrogen) atoms. The summed E-state index contributed by atoms with van der Waals surface area (Å²) < 4.78 is 7.29. The molecule has 2 aromatic heterocycles. The number of nitrogens with zero attached hydrogens (tertiary/aromatic N) is 3. The molecule has 1 aliphatic heterocycles. The van der Waals surface area contributed by atoms with Crippen molar-refractivity contribution in [1.82, 2.24) is 9.78 Å². The predicted molar refractivity (Wildman–Crippen MR) is 72.3 cm³/mol. The van der Waals surface area contributed by atoms with Crippen molar-refractivity contribution in [3.63, 3.8) is 0 Å². The number of aryl methyl sites for hydroxylation is 1. The van der Waals surface area contributed by atoms with Crippen molar-refractivity contribution in [2.45, 2.75) is 19.9 Å². The molecule has 1 fully saturated rings. The van der Waals surface area contributed by atoms with Gasteiger partial charge < -0.3 is 9.52 Å². The van der Waals surface area contributed by atoms with Crippen molar-refractivity contribution in [3.8, 4) is 0 Å². The zero-order valence-electron chi connectivity index (χ0n) is 11.3. The van der Waals surface area contributed by atoms with Crippen LogP contribution in [0.15, 0.2) is 28.8 Å². The summed E-state index contributed by atoms with van der Waals surface area (Å²) >= 11 is 0. The molecule has 0 aliphatic carbocycles. The van der Waals surface area contributed by atoms with Gasteiger partial charge in [-0.1, -0.05) is 0 Å². The lowest BCUT2D eigenvalue weighted by Gasteiger charge is -2.17. The van der Waals surface area contributed by atoms with Gasteiger partial charge in [0.2, 0.25) is 5.91 Å². The highest BCUT2D eigenvalue weighted by Crippen LogP contribution is 2.25. The van der Waals surface area contributed by atoms with E-state index >= 15 is 0 Å². The smallest absolute Gasteiger partial charge is 0.228 e. The molecule has 2 aromatic rings. The predicted octanol–water partition coefficient (Wildman–Crippen LogP) is 1.18. The number of aromatic nitrogens is 2. The first-order valence-electron chi connectivity index (χ1n) is 6.65. The molecule has 0 bridgehead atoms. The Morgan fingerprint density at radius 3 is 2.95 bits per heavy atom. The lowest BCUT2D eigenvalue weighted by atomic mass is 10.1. The molecule has 0 spiro atoms. The van der Waals surface area contributed by atoms with Gasteiger partial charge in [-0.3, -0.25) is 9.69 Å². The van der Waals surface area contributed by atoms with Gasteiger partial charge in [-0.05, 0) is 19.1 Å². The maximum Gasteiger partial charge on any atom is 0.228 e. The molecule has 3 rings (SSSR count). The number of aliphatic hydroxyl groups is 1. The summed E-state index contributed by atoms with van der Waals surface area (Å²) in [6.07, 6.45) is 2.06. The fraction of sp³-hybridized carbons (Fsp3) is 0.429. The van der Waals surface area contributed by atoms with Crippen LogP contribution in [0.1, 0.15) is 17.9 Å². The number of hydrogen-bond acceptors (Lipinski definition) is 4. The van der Waals surface area contributed by atoms with Crippen LogP contribution in [0.2, 0.25) is 0 Å². The molecule has 1 aliphatic rings. The Morgan fingerprint density at radius 2 is 2.30 bits per heavy atom. The van der Waals surface area contributed by atoms with Gasteiger partial charge in [-0.25, -0.2) is 4.68 Å². The normalized spacial score (nSPS) is 19.0. The van der Waals surface area contributed by atoms with Crippen molar-refractivity contribution >= 4 is 11.7 Å². The number of furan rings is 1. The fourth-order valence-electron chi connectivity index (χ4n) is 2.52. The van der Waals surface area contributed by atoms with Gasteiger partial charge >= 0.3 is 0 Å². The van der Waals surface area contributed by atoms with Crippen LogP contribution in [0.5, 0.6) is 0 Å². The van der Waals surface area contributed by atoms with Gasteiger partial charge in [0, 0.05) is 31.6 Å². The monoisotopic (exact) mass is 275 g/mol. The van der Waals surface area contributed by atoms with Crippen LogP contribution in [0.3, 0.4) is 0 Å². The third-order valence-electron chi connectivity index (χ3n) is 3.54. The average Bonchev–Trinajstić information content (AvgIpc) is 3.11. The number of rotatable bonds is 4. The van der Waals surface area contributed by atoms with E-state index in [0.29, 0.717) is 19.5 Å². The minimum absolute atomic E-state index is 0.0108. The largest absolute Gasteiger partial charge is 0.464 e. The molecule has 0 saturated carbocycles. The van der Waals surface area contributed by atoms with Gasteiger partial charge in [0.1, 0.15) is 23.9 Å². The Morgan fingerprint density at radius 1 is 1.45 bits per heavy atom. The summed E-state index contributed by atoms with van der Waals surface area (Å²) in [4.78, 5) is 13.7. The van der Waals surface area contributed by atoms with E-state index in [2.05, 4.69) is 5.10 Å². The third-order valence-corrected chi connectivity index (χ3v) is 3.54. The Kier molecular flexibility index (Phi) is 3.31.